The average Bonchev–Trinajstić information content (AvgIpc) is 3.15. The van der Waals surface area contributed by atoms with Gasteiger partial charge in [0, 0.05) is 17.0 Å². The number of nitrogens with one attached hydrogen (secondary N) is 2. The summed E-state index contributed by atoms with van der Waals surface area (Å²) in [4.78, 5) is 21.1. The zero-order valence-electron chi connectivity index (χ0n) is 14.6. The fraction of sp³-hybridized carbons (Fsp3) is 0.278. The van der Waals surface area contributed by atoms with Gasteiger partial charge in [0.05, 0.1) is 40.5 Å². The first-order valence-electron chi connectivity index (χ1n) is 8.59. The van der Waals surface area contributed by atoms with Crippen LogP contribution in [0.25, 0.3) is 0 Å². The predicted molar refractivity (Wildman–Crippen MR) is 112 cm³/mol. The number of aliphatic imine (C=N–C) groups is 1. The summed E-state index contributed by atoms with van der Waals surface area (Å²) < 4.78 is 23.3. The summed E-state index contributed by atoms with van der Waals surface area (Å²) >= 11 is 7.66. The van der Waals surface area contributed by atoms with E-state index in [0.29, 0.717) is 28.0 Å². The van der Waals surface area contributed by atoms with Crippen molar-refractivity contribution in [3.63, 3.8) is 0 Å². The molecular weight excluding hydrogens is 420 g/mol. The highest BCUT2D eigenvalue weighted by Crippen LogP contribution is 2.35. The normalized spacial score (nSPS) is 22.4. The molecule has 1 aromatic heterocycles. The van der Waals surface area contributed by atoms with Crippen LogP contribution < -0.4 is 10.6 Å². The second-order valence-electron chi connectivity index (χ2n) is 6.56. The molecule has 2 aliphatic rings. The van der Waals surface area contributed by atoms with Crippen LogP contribution in [0.1, 0.15) is 16.1 Å². The maximum Gasteiger partial charge on any atom is 0.251 e. The highest BCUT2D eigenvalue weighted by atomic mass is 35.5. The van der Waals surface area contributed by atoms with Crippen molar-refractivity contribution in [2.24, 2.45) is 4.99 Å². The van der Waals surface area contributed by atoms with Crippen LogP contribution in [0.4, 0.5) is 5.69 Å². The van der Waals surface area contributed by atoms with E-state index in [-0.39, 0.29) is 28.7 Å². The number of rotatable bonds is 4. The van der Waals surface area contributed by atoms with Crippen LogP contribution in [0.3, 0.4) is 0 Å². The number of halogens is 1. The van der Waals surface area contributed by atoms with Crippen molar-refractivity contribution in [1.82, 2.24) is 10.3 Å². The van der Waals surface area contributed by atoms with Gasteiger partial charge in [0.1, 0.15) is 0 Å². The van der Waals surface area contributed by atoms with Gasteiger partial charge in [0.15, 0.2) is 15.0 Å². The molecule has 0 aliphatic carbocycles. The number of aromatic nitrogens is 1. The quantitative estimate of drug-likeness (QED) is 0.763. The number of benzene rings is 1. The van der Waals surface area contributed by atoms with Crippen LogP contribution in [0.5, 0.6) is 0 Å². The smallest absolute Gasteiger partial charge is 0.251 e. The Labute approximate surface area is 171 Å². The third-order valence-corrected chi connectivity index (χ3v) is 7.92. The second kappa shape index (κ2) is 7.73. The first-order valence-corrected chi connectivity index (χ1v) is 11.7. The summed E-state index contributed by atoms with van der Waals surface area (Å²) in [5, 5.41) is 6.97. The van der Waals surface area contributed by atoms with Crippen LogP contribution in [-0.4, -0.2) is 47.3 Å². The minimum Gasteiger partial charge on any atom is -0.346 e. The van der Waals surface area contributed by atoms with Gasteiger partial charge in [-0.3, -0.25) is 14.8 Å². The Morgan fingerprint density at radius 1 is 1.25 bits per heavy atom. The minimum atomic E-state index is -3.00. The van der Waals surface area contributed by atoms with Crippen LogP contribution >= 0.6 is 23.4 Å². The van der Waals surface area contributed by atoms with Gasteiger partial charge in [-0.2, -0.15) is 0 Å². The average molecular weight is 437 g/mol. The molecule has 0 saturated carbocycles. The number of fused-ring (bicyclic) bond motifs is 1. The number of hydrogen-bond acceptors (Lipinski definition) is 7. The van der Waals surface area contributed by atoms with E-state index in [9.17, 15) is 13.2 Å². The summed E-state index contributed by atoms with van der Waals surface area (Å²) in [7, 11) is -3.00. The Kier molecular flexibility index (Phi) is 5.31. The maximum absolute atomic E-state index is 12.4. The van der Waals surface area contributed by atoms with E-state index in [1.807, 2.05) is 18.2 Å². The van der Waals surface area contributed by atoms with Gasteiger partial charge >= 0.3 is 0 Å². The van der Waals surface area contributed by atoms with E-state index >= 15 is 0 Å². The Hall–Kier alpha value is -2.10. The number of carbonyl (C=O) groups excluding carboxylic acids is 1. The molecule has 1 saturated heterocycles. The number of amides is 1. The summed E-state index contributed by atoms with van der Waals surface area (Å²) in [5.41, 5.74) is 1.77. The molecular formula is C18H17ClN4O3S2. The van der Waals surface area contributed by atoms with Crippen LogP contribution in [0.15, 0.2) is 47.6 Å². The molecule has 10 heteroatoms. The lowest BCUT2D eigenvalue weighted by Crippen LogP contribution is -2.23. The molecule has 0 unspecified atom stereocenters. The molecule has 2 aromatic rings. The highest BCUT2D eigenvalue weighted by molar-refractivity contribution is 8.15. The second-order valence-corrected chi connectivity index (χ2v) is 10.3. The minimum absolute atomic E-state index is 0.0591. The predicted octanol–water partition coefficient (Wildman–Crippen LogP) is 2.35. The van der Waals surface area contributed by atoms with Crippen molar-refractivity contribution >= 4 is 50.0 Å². The van der Waals surface area contributed by atoms with E-state index in [2.05, 4.69) is 20.6 Å². The van der Waals surface area contributed by atoms with Gasteiger partial charge in [-0.05, 0) is 30.3 Å². The van der Waals surface area contributed by atoms with Crippen LogP contribution in [0.2, 0.25) is 5.02 Å². The molecule has 0 spiro atoms. The maximum atomic E-state index is 12.4. The first kappa shape index (κ1) is 19.2. The largest absolute Gasteiger partial charge is 0.346 e. The Bertz CT molecular complexity index is 1040. The van der Waals surface area contributed by atoms with Gasteiger partial charge in [0.2, 0.25) is 0 Å². The lowest BCUT2D eigenvalue weighted by molar-refractivity contribution is 0.0950. The van der Waals surface area contributed by atoms with Crippen molar-refractivity contribution in [3.05, 3.63) is 58.9 Å². The van der Waals surface area contributed by atoms with E-state index < -0.39 is 9.84 Å². The molecule has 1 aromatic carbocycles. The zero-order chi connectivity index (χ0) is 19.7. The molecule has 1 amide bonds. The number of carbonyl (C=O) groups is 1. The SMILES string of the molecule is O=C(NCc1ccccn1)c1ccc(Cl)c(NC2=N[C@@H]3CS(=O)(=O)C[C@@H]3S2)c1. The van der Waals surface area contributed by atoms with Crippen molar-refractivity contribution in [1.29, 1.82) is 0 Å². The van der Waals surface area contributed by atoms with Gasteiger partial charge in [-0.1, -0.05) is 29.4 Å². The van der Waals surface area contributed by atoms with Crippen LogP contribution in [-0.2, 0) is 16.4 Å². The fourth-order valence-electron chi connectivity index (χ4n) is 3.07. The molecule has 146 valence electrons. The molecule has 2 aliphatic heterocycles. The number of sulfone groups is 1. The monoisotopic (exact) mass is 436 g/mol. The summed E-state index contributed by atoms with van der Waals surface area (Å²) in [5.74, 6) is -0.0189. The molecule has 7 nitrogen and oxygen atoms in total. The number of nitrogens with zero attached hydrogens (tertiary/aromatic N) is 2. The molecule has 3 heterocycles. The standard InChI is InChI=1S/C18H17ClN4O3S2/c19-13-5-4-11(17(24)21-8-12-3-1-2-6-20-12)7-14(13)22-18-23-15-9-28(25,26)10-16(15)27-18/h1-7,15-16H,8-10H2,(H,21,24)(H,22,23)/t15-,16+/m1/s1. The number of amidine groups is 1. The molecule has 2 atom stereocenters. The summed E-state index contributed by atoms with van der Waals surface area (Å²) in [6.07, 6.45) is 1.67. The summed E-state index contributed by atoms with van der Waals surface area (Å²) in [6, 6.07) is 10.2. The van der Waals surface area contributed by atoms with Gasteiger partial charge in [-0.25, -0.2) is 8.42 Å². The van der Waals surface area contributed by atoms with Gasteiger partial charge in [-0.15, -0.1) is 0 Å². The lowest BCUT2D eigenvalue weighted by Gasteiger charge is -2.11. The van der Waals surface area contributed by atoms with Crippen molar-refractivity contribution < 1.29 is 13.2 Å². The van der Waals surface area contributed by atoms with Crippen LogP contribution in [0, 0.1) is 0 Å². The zero-order valence-corrected chi connectivity index (χ0v) is 17.0. The van der Waals surface area contributed by atoms with Crippen molar-refractivity contribution in [2.45, 2.75) is 17.8 Å². The van der Waals surface area contributed by atoms with Crippen molar-refractivity contribution in [3.8, 4) is 0 Å². The summed E-state index contributed by atoms with van der Waals surface area (Å²) in [6.45, 7) is 0.325. The molecule has 2 N–H and O–H groups in total. The number of thioether (sulfide) groups is 1. The number of pyridine rings is 1. The molecule has 1 fully saturated rings. The molecule has 4 rings (SSSR count). The van der Waals surface area contributed by atoms with E-state index in [0.717, 1.165) is 5.69 Å². The van der Waals surface area contributed by atoms with E-state index in [1.165, 1.54) is 11.8 Å². The number of anilines is 1. The third kappa shape index (κ3) is 4.31. The van der Waals surface area contributed by atoms with E-state index in [1.54, 1.807) is 24.4 Å². The highest BCUT2D eigenvalue weighted by Gasteiger charge is 2.42. The van der Waals surface area contributed by atoms with Gasteiger partial charge in [0.25, 0.3) is 5.91 Å². The Morgan fingerprint density at radius 2 is 2.11 bits per heavy atom. The topological polar surface area (TPSA) is 101 Å². The van der Waals surface area contributed by atoms with E-state index in [4.69, 9.17) is 11.6 Å². The lowest BCUT2D eigenvalue weighted by atomic mass is 10.2. The third-order valence-electron chi connectivity index (χ3n) is 4.44. The fourth-order valence-corrected chi connectivity index (χ4v) is 6.90. The Morgan fingerprint density at radius 3 is 2.86 bits per heavy atom. The molecule has 28 heavy (non-hydrogen) atoms. The van der Waals surface area contributed by atoms with Gasteiger partial charge < -0.3 is 10.6 Å². The number of hydrogen-bond donors (Lipinski definition) is 2. The molecule has 0 radical (unpaired) electrons. The molecule has 0 bridgehead atoms. The first-order chi connectivity index (χ1) is 13.4. The Balaban J connectivity index is 1.43. The van der Waals surface area contributed by atoms with Crippen molar-refractivity contribution in [2.75, 3.05) is 16.8 Å².